The topological polar surface area (TPSA) is 50.9 Å². The van der Waals surface area contributed by atoms with E-state index in [1.54, 1.807) is 0 Å². The lowest BCUT2D eigenvalue weighted by molar-refractivity contribution is 0.216. The first-order valence-corrected chi connectivity index (χ1v) is 6.07. The van der Waals surface area contributed by atoms with Crippen molar-refractivity contribution in [1.29, 1.82) is 0 Å². The van der Waals surface area contributed by atoms with Crippen LogP contribution in [0.1, 0.15) is 39.5 Å². The molecule has 1 fully saturated rings. The van der Waals surface area contributed by atoms with Crippen molar-refractivity contribution in [2.75, 3.05) is 11.1 Å². The maximum absolute atomic E-state index is 5.68. The van der Waals surface area contributed by atoms with Crippen LogP contribution in [-0.4, -0.2) is 11.0 Å². The van der Waals surface area contributed by atoms with E-state index >= 15 is 0 Å². The molecule has 3 heteroatoms. The van der Waals surface area contributed by atoms with Gasteiger partial charge in [0.05, 0.1) is 0 Å². The summed E-state index contributed by atoms with van der Waals surface area (Å²) in [5.74, 6) is 1.48. The van der Waals surface area contributed by atoms with Crippen molar-refractivity contribution in [1.82, 2.24) is 4.98 Å². The number of nitrogens with one attached hydrogen (secondary N) is 1. The Morgan fingerprint density at radius 3 is 2.88 bits per heavy atom. The predicted molar refractivity (Wildman–Crippen MR) is 68.3 cm³/mol. The molecule has 0 amide bonds. The van der Waals surface area contributed by atoms with Gasteiger partial charge in [0, 0.05) is 6.04 Å². The van der Waals surface area contributed by atoms with Gasteiger partial charge in [-0.2, -0.15) is 0 Å². The van der Waals surface area contributed by atoms with Crippen LogP contribution in [0.2, 0.25) is 0 Å². The Kier molecular flexibility index (Phi) is 3.03. The fourth-order valence-electron chi connectivity index (χ4n) is 2.47. The first kappa shape index (κ1) is 11.2. The molecule has 0 aromatic carbocycles. The van der Waals surface area contributed by atoms with Gasteiger partial charge in [-0.05, 0) is 30.4 Å². The Bertz CT molecular complexity index is 360. The minimum atomic E-state index is 0.352. The maximum atomic E-state index is 5.68. The van der Waals surface area contributed by atoms with E-state index in [2.05, 4.69) is 24.1 Å². The summed E-state index contributed by atoms with van der Waals surface area (Å²) in [4.78, 5) is 4.30. The van der Waals surface area contributed by atoms with Gasteiger partial charge in [-0.3, -0.25) is 0 Å². The predicted octanol–water partition coefficient (Wildman–Crippen LogP) is 3.04. The second-order valence-electron chi connectivity index (χ2n) is 5.38. The lowest BCUT2D eigenvalue weighted by Gasteiger charge is -2.39. The van der Waals surface area contributed by atoms with Crippen LogP contribution < -0.4 is 11.1 Å². The molecule has 16 heavy (non-hydrogen) atoms. The highest BCUT2D eigenvalue weighted by atomic mass is 15.0. The quantitative estimate of drug-likeness (QED) is 0.803. The highest BCUT2D eigenvalue weighted by Crippen LogP contribution is 2.36. The number of hydrogen-bond donors (Lipinski definition) is 2. The number of pyridine rings is 1. The third-order valence-electron chi connectivity index (χ3n) is 3.60. The second-order valence-corrected chi connectivity index (χ2v) is 5.38. The summed E-state index contributed by atoms with van der Waals surface area (Å²) in [7, 11) is 0. The molecule has 0 saturated heterocycles. The van der Waals surface area contributed by atoms with Crippen LogP contribution in [0.15, 0.2) is 18.2 Å². The van der Waals surface area contributed by atoms with Gasteiger partial charge in [0.15, 0.2) is 0 Å². The van der Waals surface area contributed by atoms with Crippen LogP contribution in [0.3, 0.4) is 0 Å². The second kappa shape index (κ2) is 4.32. The van der Waals surface area contributed by atoms with Crippen molar-refractivity contribution in [3.05, 3.63) is 18.2 Å². The normalized spacial score (nSPS) is 24.0. The zero-order valence-electron chi connectivity index (χ0n) is 10.2. The van der Waals surface area contributed by atoms with Crippen molar-refractivity contribution in [3.63, 3.8) is 0 Å². The number of rotatable bonds is 2. The average Bonchev–Trinajstić information content (AvgIpc) is 2.21. The van der Waals surface area contributed by atoms with E-state index in [9.17, 15) is 0 Å². The van der Waals surface area contributed by atoms with Gasteiger partial charge in [-0.15, -0.1) is 0 Å². The maximum Gasteiger partial charge on any atom is 0.128 e. The van der Waals surface area contributed by atoms with Crippen molar-refractivity contribution in [3.8, 4) is 0 Å². The third kappa shape index (κ3) is 2.46. The molecule has 0 spiro atoms. The minimum absolute atomic E-state index is 0.352. The molecule has 0 bridgehead atoms. The molecule has 1 aromatic rings. The molecule has 3 N–H and O–H groups in total. The lowest BCUT2D eigenvalue weighted by Crippen LogP contribution is -2.39. The molecule has 1 unspecified atom stereocenters. The van der Waals surface area contributed by atoms with E-state index in [4.69, 9.17) is 5.73 Å². The molecule has 1 aliphatic carbocycles. The Hall–Kier alpha value is -1.25. The van der Waals surface area contributed by atoms with Gasteiger partial charge in [0.25, 0.3) is 0 Å². The lowest BCUT2D eigenvalue weighted by atomic mass is 9.73. The van der Waals surface area contributed by atoms with Crippen molar-refractivity contribution in [2.45, 2.75) is 45.6 Å². The largest absolute Gasteiger partial charge is 0.384 e. The van der Waals surface area contributed by atoms with Gasteiger partial charge >= 0.3 is 0 Å². The Balaban J connectivity index is 2.08. The zero-order valence-corrected chi connectivity index (χ0v) is 10.2. The first-order chi connectivity index (χ1) is 7.58. The van der Waals surface area contributed by atoms with Gasteiger partial charge in [-0.1, -0.05) is 32.8 Å². The Morgan fingerprint density at radius 2 is 2.19 bits per heavy atom. The van der Waals surface area contributed by atoms with Crippen LogP contribution in [0.5, 0.6) is 0 Å². The van der Waals surface area contributed by atoms with E-state index in [0.29, 0.717) is 17.3 Å². The molecule has 1 aliphatic rings. The van der Waals surface area contributed by atoms with Crippen molar-refractivity contribution in [2.24, 2.45) is 5.41 Å². The number of hydrogen-bond acceptors (Lipinski definition) is 3. The van der Waals surface area contributed by atoms with Crippen LogP contribution in [0, 0.1) is 5.41 Å². The first-order valence-electron chi connectivity index (χ1n) is 6.07. The summed E-state index contributed by atoms with van der Waals surface area (Å²) in [5, 5.41) is 3.52. The molecule has 1 atom stereocenters. The summed E-state index contributed by atoms with van der Waals surface area (Å²) in [6, 6.07) is 6.26. The molecule has 1 saturated carbocycles. The summed E-state index contributed by atoms with van der Waals surface area (Å²) < 4.78 is 0. The average molecular weight is 219 g/mol. The van der Waals surface area contributed by atoms with E-state index in [-0.39, 0.29) is 0 Å². The number of anilines is 2. The number of nitrogens with two attached hydrogens (primary N) is 1. The third-order valence-corrected chi connectivity index (χ3v) is 3.60. The van der Waals surface area contributed by atoms with E-state index < -0.39 is 0 Å². The highest BCUT2D eigenvalue weighted by molar-refractivity contribution is 5.43. The molecule has 88 valence electrons. The fraction of sp³-hybridized carbons (Fsp3) is 0.615. The van der Waals surface area contributed by atoms with Gasteiger partial charge < -0.3 is 11.1 Å². The summed E-state index contributed by atoms with van der Waals surface area (Å²) >= 11 is 0. The van der Waals surface area contributed by atoms with Gasteiger partial charge in [-0.25, -0.2) is 4.98 Å². The summed E-state index contributed by atoms with van der Waals surface area (Å²) in [6.45, 7) is 4.66. The summed E-state index contributed by atoms with van der Waals surface area (Å²) in [6.07, 6.45) is 5.16. The molecule has 1 heterocycles. The molecule has 0 aliphatic heterocycles. The van der Waals surface area contributed by atoms with Gasteiger partial charge in [0.1, 0.15) is 11.6 Å². The molecule has 1 aromatic heterocycles. The molecule has 0 radical (unpaired) electrons. The minimum Gasteiger partial charge on any atom is -0.384 e. The van der Waals surface area contributed by atoms with Crippen LogP contribution in [0.25, 0.3) is 0 Å². The zero-order chi connectivity index (χ0) is 11.6. The van der Waals surface area contributed by atoms with E-state index in [1.165, 1.54) is 25.7 Å². The number of nitrogen functional groups attached to an aromatic ring is 1. The number of aromatic nitrogens is 1. The summed E-state index contributed by atoms with van der Waals surface area (Å²) in [5.41, 5.74) is 6.03. The molecule has 3 nitrogen and oxygen atoms in total. The van der Waals surface area contributed by atoms with Crippen LogP contribution in [-0.2, 0) is 0 Å². The Morgan fingerprint density at radius 1 is 1.38 bits per heavy atom. The van der Waals surface area contributed by atoms with Crippen LogP contribution in [0.4, 0.5) is 11.6 Å². The Labute approximate surface area is 97.5 Å². The molecular weight excluding hydrogens is 198 g/mol. The van der Waals surface area contributed by atoms with Crippen LogP contribution >= 0.6 is 0 Å². The van der Waals surface area contributed by atoms with E-state index in [1.807, 2.05) is 18.2 Å². The highest BCUT2D eigenvalue weighted by Gasteiger charge is 2.32. The molecule has 2 rings (SSSR count). The van der Waals surface area contributed by atoms with Gasteiger partial charge in [0.2, 0.25) is 0 Å². The fourth-order valence-corrected chi connectivity index (χ4v) is 2.47. The molecular formula is C13H21N3. The number of nitrogens with zero attached hydrogens (tertiary/aromatic N) is 1. The van der Waals surface area contributed by atoms with Crippen molar-refractivity contribution < 1.29 is 0 Å². The standard InChI is InChI=1S/C13H21N3/c1-13(2)9-4-3-6-10(13)15-12-8-5-7-11(14)16-12/h5,7-8,10H,3-4,6,9H2,1-2H3,(H3,14,15,16). The SMILES string of the molecule is CC1(C)CCCCC1Nc1cccc(N)n1. The van der Waals surface area contributed by atoms with Crippen molar-refractivity contribution >= 4 is 11.6 Å². The monoisotopic (exact) mass is 219 g/mol. The smallest absolute Gasteiger partial charge is 0.128 e. The van der Waals surface area contributed by atoms with E-state index in [0.717, 1.165) is 5.82 Å².